The van der Waals surface area contributed by atoms with Gasteiger partial charge in [0.15, 0.2) is 0 Å². The molecule has 0 saturated carbocycles. The Kier molecular flexibility index (Phi) is 4.43. The molecule has 3 aromatic rings. The third-order valence-corrected chi connectivity index (χ3v) is 4.08. The standard InChI is InChI=1S/C19H18N2O4/c1-3-21(12-8-10-13(25-2)11-9-12)17-14-6-4-5-7-15(14)20-18(22)16(17)19(23)24/h4-11H,3H2,1-2H3,(H,20,22)(H,23,24). The van der Waals surface area contributed by atoms with Gasteiger partial charge in [0.1, 0.15) is 11.3 Å². The van der Waals surface area contributed by atoms with Gasteiger partial charge in [-0.1, -0.05) is 18.2 Å². The van der Waals surface area contributed by atoms with Crippen LogP contribution in [-0.4, -0.2) is 29.7 Å². The first-order chi connectivity index (χ1) is 12.1. The lowest BCUT2D eigenvalue weighted by Gasteiger charge is -2.26. The zero-order chi connectivity index (χ0) is 18.0. The highest BCUT2D eigenvalue weighted by atomic mass is 16.5. The van der Waals surface area contributed by atoms with E-state index >= 15 is 0 Å². The molecule has 2 aromatic carbocycles. The van der Waals surface area contributed by atoms with Gasteiger partial charge in [-0.05, 0) is 37.3 Å². The lowest BCUT2D eigenvalue weighted by Crippen LogP contribution is -2.26. The van der Waals surface area contributed by atoms with Crippen molar-refractivity contribution in [1.82, 2.24) is 4.98 Å². The molecule has 0 aliphatic heterocycles. The van der Waals surface area contributed by atoms with E-state index in [4.69, 9.17) is 4.74 Å². The van der Waals surface area contributed by atoms with Gasteiger partial charge >= 0.3 is 5.97 Å². The summed E-state index contributed by atoms with van der Waals surface area (Å²) in [5.41, 5.74) is 0.880. The number of carbonyl (C=O) groups is 1. The number of aromatic amines is 1. The summed E-state index contributed by atoms with van der Waals surface area (Å²) < 4.78 is 5.17. The second kappa shape index (κ2) is 6.68. The summed E-state index contributed by atoms with van der Waals surface area (Å²) in [7, 11) is 1.58. The summed E-state index contributed by atoms with van der Waals surface area (Å²) in [5, 5.41) is 10.3. The molecule has 0 radical (unpaired) electrons. The van der Waals surface area contributed by atoms with Crippen LogP contribution in [0, 0.1) is 0 Å². The number of methoxy groups -OCH3 is 1. The molecule has 0 fully saturated rings. The molecular weight excluding hydrogens is 320 g/mol. The lowest BCUT2D eigenvalue weighted by atomic mass is 10.1. The predicted molar refractivity (Wildman–Crippen MR) is 97.2 cm³/mol. The van der Waals surface area contributed by atoms with Gasteiger partial charge in [0.05, 0.1) is 18.3 Å². The van der Waals surface area contributed by atoms with E-state index < -0.39 is 11.5 Å². The maximum Gasteiger partial charge on any atom is 0.343 e. The van der Waals surface area contributed by atoms with Gasteiger partial charge in [-0.25, -0.2) is 4.79 Å². The molecular formula is C19H18N2O4. The van der Waals surface area contributed by atoms with E-state index in [1.807, 2.05) is 30.0 Å². The number of carboxylic acid groups (broad SMARTS) is 1. The van der Waals surface area contributed by atoms with Crippen LogP contribution in [0.5, 0.6) is 5.75 Å². The average Bonchev–Trinajstić information content (AvgIpc) is 2.62. The summed E-state index contributed by atoms with van der Waals surface area (Å²) in [6, 6.07) is 14.5. The fourth-order valence-electron chi connectivity index (χ4n) is 2.94. The molecule has 0 bridgehead atoms. The highest BCUT2D eigenvalue weighted by molar-refractivity contribution is 6.05. The summed E-state index contributed by atoms with van der Waals surface area (Å²) in [5.74, 6) is -0.553. The Hall–Kier alpha value is -3.28. The molecule has 3 rings (SSSR count). The Balaban J connectivity index is 2.31. The minimum atomic E-state index is -1.26. The third kappa shape index (κ3) is 2.94. The normalized spacial score (nSPS) is 10.6. The Bertz CT molecular complexity index is 977. The van der Waals surface area contributed by atoms with E-state index in [-0.39, 0.29) is 5.56 Å². The van der Waals surface area contributed by atoms with E-state index in [0.717, 1.165) is 5.69 Å². The average molecular weight is 338 g/mol. The number of aromatic nitrogens is 1. The number of aromatic carboxylic acids is 1. The second-order valence-electron chi connectivity index (χ2n) is 5.47. The molecule has 128 valence electrons. The van der Waals surface area contributed by atoms with Crippen LogP contribution in [0.15, 0.2) is 53.3 Å². The molecule has 0 aliphatic rings. The Morgan fingerprint density at radius 1 is 1.16 bits per heavy atom. The second-order valence-corrected chi connectivity index (χ2v) is 5.47. The SMILES string of the molecule is CCN(c1ccc(OC)cc1)c1c(C(=O)O)c(=O)[nH]c2ccccc12. The molecule has 1 aromatic heterocycles. The number of pyridine rings is 1. The van der Waals surface area contributed by atoms with Crippen molar-refractivity contribution >= 4 is 28.2 Å². The molecule has 25 heavy (non-hydrogen) atoms. The lowest BCUT2D eigenvalue weighted by molar-refractivity contribution is 0.0696. The number of nitrogens with zero attached hydrogens (tertiary/aromatic N) is 1. The number of carboxylic acids is 1. The zero-order valence-corrected chi connectivity index (χ0v) is 13.9. The summed E-state index contributed by atoms with van der Waals surface area (Å²) >= 11 is 0. The van der Waals surface area contributed by atoms with Gasteiger partial charge in [-0.3, -0.25) is 4.79 Å². The van der Waals surface area contributed by atoms with Crippen LogP contribution in [-0.2, 0) is 0 Å². The monoisotopic (exact) mass is 338 g/mol. The largest absolute Gasteiger partial charge is 0.497 e. The minimum Gasteiger partial charge on any atom is -0.497 e. The molecule has 6 heteroatoms. The number of hydrogen-bond acceptors (Lipinski definition) is 4. The van der Waals surface area contributed by atoms with Crippen molar-refractivity contribution in [2.75, 3.05) is 18.6 Å². The van der Waals surface area contributed by atoms with Gasteiger partial charge in [-0.15, -0.1) is 0 Å². The van der Waals surface area contributed by atoms with Crippen LogP contribution < -0.4 is 15.2 Å². The number of rotatable bonds is 5. The van der Waals surface area contributed by atoms with Crippen molar-refractivity contribution in [2.24, 2.45) is 0 Å². The molecule has 6 nitrogen and oxygen atoms in total. The minimum absolute atomic E-state index is 0.267. The van der Waals surface area contributed by atoms with Crippen LogP contribution in [0.2, 0.25) is 0 Å². The molecule has 1 heterocycles. The van der Waals surface area contributed by atoms with Gasteiger partial charge < -0.3 is 19.7 Å². The maximum atomic E-state index is 12.4. The molecule has 0 atom stereocenters. The van der Waals surface area contributed by atoms with Crippen LogP contribution in [0.1, 0.15) is 17.3 Å². The third-order valence-electron chi connectivity index (χ3n) is 4.08. The van der Waals surface area contributed by atoms with Gasteiger partial charge in [0, 0.05) is 17.6 Å². The van der Waals surface area contributed by atoms with E-state index in [1.165, 1.54) is 0 Å². The predicted octanol–water partition coefficient (Wildman–Crippen LogP) is 3.39. The van der Waals surface area contributed by atoms with Gasteiger partial charge in [-0.2, -0.15) is 0 Å². The number of nitrogens with one attached hydrogen (secondary N) is 1. The first-order valence-corrected chi connectivity index (χ1v) is 7.86. The van der Waals surface area contributed by atoms with E-state index in [0.29, 0.717) is 28.9 Å². The first-order valence-electron chi connectivity index (χ1n) is 7.86. The molecule has 0 spiro atoms. The molecule has 0 unspecified atom stereocenters. The number of ether oxygens (including phenoxy) is 1. The number of fused-ring (bicyclic) bond motifs is 1. The summed E-state index contributed by atoms with van der Waals surface area (Å²) in [6.07, 6.45) is 0. The zero-order valence-electron chi connectivity index (χ0n) is 13.9. The van der Waals surface area contributed by atoms with Crippen molar-refractivity contribution < 1.29 is 14.6 Å². The summed E-state index contributed by atoms with van der Waals surface area (Å²) in [4.78, 5) is 28.6. The fraction of sp³-hybridized carbons (Fsp3) is 0.158. The first kappa shape index (κ1) is 16.6. The van der Waals surface area contributed by atoms with Gasteiger partial charge in [0.25, 0.3) is 5.56 Å². The Morgan fingerprint density at radius 3 is 2.44 bits per heavy atom. The number of H-pyrrole nitrogens is 1. The molecule has 0 saturated heterocycles. The van der Waals surface area contributed by atoms with Crippen molar-refractivity contribution in [2.45, 2.75) is 6.92 Å². The molecule has 0 aliphatic carbocycles. The molecule has 0 amide bonds. The number of para-hydroxylation sites is 1. The summed E-state index contributed by atoms with van der Waals surface area (Å²) in [6.45, 7) is 2.41. The molecule has 2 N–H and O–H groups in total. The van der Waals surface area contributed by atoms with Crippen LogP contribution in [0.3, 0.4) is 0 Å². The van der Waals surface area contributed by atoms with E-state index in [2.05, 4.69) is 4.98 Å². The maximum absolute atomic E-state index is 12.4. The topological polar surface area (TPSA) is 82.6 Å². The smallest absolute Gasteiger partial charge is 0.343 e. The number of anilines is 2. The number of hydrogen-bond donors (Lipinski definition) is 2. The van der Waals surface area contributed by atoms with Crippen molar-refractivity contribution in [3.8, 4) is 5.75 Å². The van der Waals surface area contributed by atoms with Crippen molar-refractivity contribution in [3.05, 3.63) is 64.4 Å². The Labute approximate surface area is 144 Å². The quantitative estimate of drug-likeness (QED) is 0.745. The van der Waals surface area contributed by atoms with E-state index in [1.54, 1.807) is 37.4 Å². The van der Waals surface area contributed by atoms with Crippen LogP contribution in [0.4, 0.5) is 11.4 Å². The van der Waals surface area contributed by atoms with Crippen LogP contribution >= 0.6 is 0 Å². The van der Waals surface area contributed by atoms with E-state index in [9.17, 15) is 14.7 Å². The fourth-order valence-corrected chi connectivity index (χ4v) is 2.94. The number of benzene rings is 2. The van der Waals surface area contributed by atoms with Crippen molar-refractivity contribution in [3.63, 3.8) is 0 Å². The van der Waals surface area contributed by atoms with Crippen molar-refractivity contribution in [1.29, 1.82) is 0 Å². The Morgan fingerprint density at radius 2 is 1.84 bits per heavy atom. The van der Waals surface area contributed by atoms with Gasteiger partial charge in [0.2, 0.25) is 0 Å². The van der Waals surface area contributed by atoms with Crippen LogP contribution in [0.25, 0.3) is 10.9 Å². The highest BCUT2D eigenvalue weighted by Gasteiger charge is 2.23. The highest BCUT2D eigenvalue weighted by Crippen LogP contribution is 2.33.